The van der Waals surface area contributed by atoms with Crippen LogP contribution < -0.4 is 0 Å². The lowest BCUT2D eigenvalue weighted by atomic mass is 10.1. The summed E-state index contributed by atoms with van der Waals surface area (Å²) in [6, 6.07) is 47.8. The summed E-state index contributed by atoms with van der Waals surface area (Å²) < 4.78 is 4.63. The van der Waals surface area contributed by atoms with E-state index in [1.54, 1.807) is 11.3 Å². The molecule has 0 bridgehead atoms. The van der Waals surface area contributed by atoms with Crippen LogP contribution in [-0.2, 0) is 0 Å². The standard InChI is InChI=1S/C40H23N5S/c1-41-28-18-21-37-33(24-28)32-23-27(17-20-36(32)46-37)40-43-38(25-10-4-2-5-11-25)42-39(44-40)26-16-19-35-31(22-26)30-14-8-9-15-34(30)45(35)29-12-6-3-7-13-29/h2-24H. The van der Waals surface area contributed by atoms with E-state index in [1.807, 2.05) is 54.6 Å². The van der Waals surface area contributed by atoms with Crippen molar-refractivity contribution in [2.45, 2.75) is 0 Å². The average Bonchev–Trinajstić information content (AvgIpc) is 3.66. The van der Waals surface area contributed by atoms with Crippen LogP contribution in [0.15, 0.2) is 140 Å². The summed E-state index contributed by atoms with van der Waals surface area (Å²) in [6.07, 6.45) is 0. The van der Waals surface area contributed by atoms with E-state index >= 15 is 0 Å². The first-order chi connectivity index (χ1) is 22.7. The van der Waals surface area contributed by atoms with Gasteiger partial charge >= 0.3 is 0 Å². The van der Waals surface area contributed by atoms with Gasteiger partial charge in [0.25, 0.3) is 0 Å². The summed E-state index contributed by atoms with van der Waals surface area (Å²) in [7, 11) is 0. The minimum absolute atomic E-state index is 0.609. The maximum atomic E-state index is 7.51. The molecule has 214 valence electrons. The molecule has 0 saturated carbocycles. The van der Waals surface area contributed by atoms with Crippen LogP contribution in [0.2, 0.25) is 0 Å². The van der Waals surface area contributed by atoms with Gasteiger partial charge in [-0.1, -0.05) is 78.9 Å². The Kier molecular flexibility index (Phi) is 5.98. The van der Waals surface area contributed by atoms with Crippen molar-refractivity contribution in [3.05, 3.63) is 151 Å². The number of benzene rings is 6. The fourth-order valence-electron chi connectivity index (χ4n) is 6.29. The van der Waals surface area contributed by atoms with Gasteiger partial charge in [0.2, 0.25) is 0 Å². The molecule has 6 heteroatoms. The van der Waals surface area contributed by atoms with Gasteiger partial charge in [0, 0.05) is 42.6 Å². The fourth-order valence-corrected chi connectivity index (χ4v) is 7.36. The number of nitrogens with zero attached hydrogens (tertiary/aromatic N) is 5. The highest BCUT2D eigenvalue weighted by atomic mass is 32.1. The number of fused-ring (bicyclic) bond motifs is 6. The van der Waals surface area contributed by atoms with E-state index in [0.29, 0.717) is 23.2 Å². The topological polar surface area (TPSA) is 48.0 Å². The molecule has 0 unspecified atom stereocenters. The molecule has 9 aromatic rings. The number of hydrogen-bond acceptors (Lipinski definition) is 4. The molecule has 3 heterocycles. The van der Waals surface area contributed by atoms with Crippen LogP contribution in [0.25, 0.3) is 86.7 Å². The Bertz CT molecular complexity index is 2650. The highest BCUT2D eigenvalue weighted by Gasteiger charge is 2.17. The van der Waals surface area contributed by atoms with Gasteiger partial charge in [0.1, 0.15) is 0 Å². The highest BCUT2D eigenvalue weighted by molar-refractivity contribution is 7.25. The molecule has 5 nitrogen and oxygen atoms in total. The van der Waals surface area contributed by atoms with Crippen molar-refractivity contribution in [3.8, 4) is 39.9 Å². The zero-order valence-corrected chi connectivity index (χ0v) is 25.2. The Labute approximate surface area is 268 Å². The normalized spacial score (nSPS) is 11.5. The minimum Gasteiger partial charge on any atom is -0.309 e. The van der Waals surface area contributed by atoms with Gasteiger partial charge in [0.15, 0.2) is 23.2 Å². The Morgan fingerprint density at radius 2 is 1.04 bits per heavy atom. The van der Waals surface area contributed by atoms with Crippen molar-refractivity contribution in [2.75, 3.05) is 0 Å². The SMILES string of the molecule is [C-]#[N+]c1ccc2sc3ccc(-c4nc(-c5ccccc5)nc(-c5ccc6c(c5)c5ccccc5n6-c5ccccc5)n4)cc3c2c1. The Morgan fingerprint density at radius 1 is 0.478 bits per heavy atom. The molecule has 6 aromatic carbocycles. The number of thiophene rings is 1. The quantitative estimate of drug-likeness (QED) is 0.188. The van der Waals surface area contributed by atoms with Crippen molar-refractivity contribution >= 4 is 59.0 Å². The zero-order valence-electron chi connectivity index (χ0n) is 24.4. The predicted molar refractivity (Wildman–Crippen MR) is 190 cm³/mol. The van der Waals surface area contributed by atoms with Crippen LogP contribution in [-0.4, -0.2) is 19.5 Å². The molecule has 0 aliphatic rings. The van der Waals surface area contributed by atoms with Crippen molar-refractivity contribution in [2.24, 2.45) is 0 Å². The van der Waals surface area contributed by atoms with Gasteiger partial charge in [0.05, 0.1) is 17.6 Å². The van der Waals surface area contributed by atoms with Crippen LogP contribution in [0.4, 0.5) is 5.69 Å². The van der Waals surface area contributed by atoms with E-state index in [0.717, 1.165) is 54.3 Å². The molecule has 0 atom stereocenters. The monoisotopic (exact) mass is 605 g/mol. The maximum absolute atomic E-state index is 7.51. The lowest BCUT2D eigenvalue weighted by Crippen LogP contribution is -2.00. The summed E-state index contributed by atoms with van der Waals surface area (Å²) in [6.45, 7) is 7.51. The molecule has 0 fully saturated rings. The van der Waals surface area contributed by atoms with E-state index in [4.69, 9.17) is 21.5 Å². The third-order valence-electron chi connectivity index (χ3n) is 8.45. The second-order valence-corrected chi connectivity index (χ2v) is 12.3. The molecule has 0 aliphatic carbocycles. The molecule has 0 N–H and O–H groups in total. The molecule has 0 aliphatic heterocycles. The van der Waals surface area contributed by atoms with Crippen LogP contribution in [0.5, 0.6) is 0 Å². The summed E-state index contributed by atoms with van der Waals surface area (Å²) in [5, 5.41) is 4.49. The summed E-state index contributed by atoms with van der Waals surface area (Å²) in [5.74, 6) is 1.85. The van der Waals surface area contributed by atoms with Crippen LogP contribution >= 0.6 is 11.3 Å². The first kappa shape index (κ1) is 26.3. The summed E-state index contributed by atoms with van der Waals surface area (Å²) in [4.78, 5) is 18.7. The summed E-state index contributed by atoms with van der Waals surface area (Å²) >= 11 is 1.73. The molecular weight excluding hydrogens is 583 g/mol. The van der Waals surface area contributed by atoms with Gasteiger partial charge in [-0.2, -0.15) is 0 Å². The van der Waals surface area contributed by atoms with E-state index in [9.17, 15) is 0 Å². The number of rotatable bonds is 4. The molecule has 9 rings (SSSR count). The smallest absolute Gasteiger partial charge is 0.187 e. The number of aromatic nitrogens is 4. The number of para-hydroxylation sites is 2. The maximum Gasteiger partial charge on any atom is 0.187 e. The van der Waals surface area contributed by atoms with Crippen LogP contribution in [0.1, 0.15) is 0 Å². The molecule has 0 radical (unpaired) electrons. The van der Waals surface area contributed by atoms with E-state index < -0.39 is 0 Å². The fraction of sp³-hybridized carbons (Fsp3) is 0. The largest absolute Gasteiger partial charge is 0.309 e. The molecule has 0 amide bonds. The number of hydrogen-bond donors (Lipinski definition) is 0. The minimum atomic E-state index is 0.609. The molecule has 0 saturated heterocycles. The first-order valence-corrected chi connectivity index (χ1v) is 15.8. The molecule has 0 spiro atoms. The van der Waals surface area contributed by atoms with Crippen molar-refractivity contribution in [1.29, 1.82) is 0 Å². The highest BCUT2D eigenvalue weighted by Crippen LogP contribution is 2.39. The van der Waals surface area contributed by atoms with Crippen LogP contribution in [0.3, 0.4) is 0 Å². The predicted octanol–water partition coefficient (Wildman–Crippen LogP) is 10.9. The van der Waals surface area contributed by atoms with Gasteiger partial charge in [-0.05, 0) is 71.4 Å². The Balaban J connectivity index is 1.26. The van der Waals surface area contributed by atoms with Crippen molar-refractivity contribution in [1.82, 2.24) is 19.5 Å². The van der Waals surface area contributed by atoms with E-state index in [2.05, 4.69) is 94.3 Å². The third-order valence-corrected chi connectivity index (χ3v) is 9.60. The van der Waals surface area contributed by atoms with Gasteiger partial charge in [-0.3, -0.25) is 0 Å². The average molecular weight is 606 g/mol. The second-order valence-electron chi connectivity index (χ2n) is 11.2. The van der Waals surface area contributed by atoms with Crippen molar-refractivity contribution < 1.29 is 0 Å². The van der Waals surface area contributed by atoms with E-state index in [1.165, 1.54) is 10.1 Å². The van der Waals surface area contributed by atoms with Crippen molar-refractivity contribution in [3.63, 3.8) is 0 Å². The lowest BCUT2D eigenvalue weighted by molar-refractivity contribution is 1.07. The van der Waals surface area contributed by atoms with Gasteiger partial charge in [-0.25, -0.2) is 19.8 Å². The van der Waals surface area contributed by atoms with Gasteiger partial charge < -0.3 is 4.57 Å². The molecular formula is C40H23N5S. The second kappa shape index (κ2) is 10.5. The summed E-state index contributed by atoms with van der Waals surface area (Å²) in [5.41, 5.74) is 6.79. The zero-order chi connectivity index (χ0) is 30.6. The molecule has 46 heavy (non-hydrogen) atoms. The molecule has 3 aromatic heterocycles. The Morgan fingerprint density at radius 3 is 1.78 bits per heavy atom. The third kappa shape index (κ3) is 4.26. The van der Waals surface area contributed by atoms with Crippen LogP contribution in [0, 0.1) is 6.57 Å². The lowest BCUT2D eigenvalue weighted by Gasteiger charge is -2.10. The van der Waals surface area contributed by atoms with E-state index in [-0.39, 0.29) is 0 Å². The first-order valence-electron chi connectivity index (χ1n) is 15.0. The Hall–Kier alpha value is -6.16. The van der Waals surface area contributed by atoms with Gasteiger partial charge in [-0.15, -0.1) is 11.3 Å².